The van der Waals surface area contributed by atoms with Crippen LogP contribution in [0.2, 0.25) is 0 Å². The first-order chi connectivity index (χ1) is 8.99. The minimum absolute atomic E-state index is 0.0287. The minimum Gasteiger partial charge on any atom is -0.350 e. The van der Waals surface area contributed by atoms with Crippen molar-refractivity contribution in [2.24, 2.45) is 5.41 Å². The predicted molar refractivity (Wildman–Crippen MR) is 80.1 cm³/mol. The Bertz CT molecular complexity index is 573. The SMILES string of the molecule is CC(NC(=O)CC(C)(C)C)c1ccc(S(=O)(=O)Cl)cc1. The number of rotatable bonds is 4. The Morgan fingerprint density at radius 2 is 1.75 bits per heavy atom. The summed E-state index contributed by atoms with van der Waals surface area (Å²) in [5.41, 5.74) is 0.761. The lowest BCUT2D eigenvalue weighted by Crippen LogP contribution is -2.29. The lowest BCUT2D eigenvalue weighted by Gasteiger charge is -2.20. The van der Waals surface area contributed by atoms with Gasteiger partial charge in [0.2, 0.25) is 5.91 Å². The maximum Gasteiger partial charge on any atom is 0.261 e. The van der Waals surface area contributed by atoms with Crippen molar-refractivity contribution in [3.63, 3.8) is 0 Å². The van der Waals surface area contributed by atoms with Crippen LogP contribution in [0.1, 0.15) is 45.7 Å². The van der Waals surface area contributed by atoms with Crippen molar-refractivity contribution < 1.29 is 13.2 Å². The van der Waals surface area contributed by atoms with Gasteiger partial charge in [0.1, 0.15) is 0 Å². The van der Waals surface area contributed by atoms with Gasteiger partial charge in [-0.15, -0.1) is 0 Å². The fourth-order valence-electron chi connectivity index (χ4n) is 1.78. The number of hydrogen-bond donors (Lipinski definition) is 1. The minimum atomic E-state index is -3.71. The van der Waals surface area contributed by atoms with Crippen molar-refractivity contribution in [1.29, 1.82) is 0 Å². The monoisotopic (exact) mass is 317 g/mol. The van der Waals surface area contributed by atoms with Crippen LogP contribution < -0.4 is 5.32 Å². The Morgan fingerprint density at radius 1 is 1.25 bits per heavy atom. The molecule has 1 N–H and O–H groups in total. The van der Waals surface area contributed by atoms with Crippen LogP contribution >= 0.6 is 10.7 Å². The van der Waals surface area contributed by atoms with Crippen LogP contribution in [0.5, 0.6) is 0 Å². The van der Waals surface area contributed by atoms with Crippen LogP contribution in [0.25, 0.3) is 0 Å². The molecule has 0 aliphatic heterocycles. The molecule has 6 heteroatoms. The second-order valence-corrected chi connectivity index (χ2v) is 8.60. The summed E-state index contributed by atoms with van der Waals surface area (Å²) in [5.74, 6) is -0.0287. The first-order valence-electron chi connectivity index (χ1n) is 6.33. The Labute approximate surface area is 124 Å². The molecular weight excluding hydrogens is 298 g/mol. The first-order valence-corrected chi connectivity index (χ1v) is 8.64. The summed E-state index contributed by atoms with van der Waals surface area (Å²) in [6, 6.07) is 5.99. The topological polar surface area (TPSA) is 63.2 Å². The Hall–Kier alpha value is -1.07. The highest BCUT2D eigenvalue weighted by molar-refractivity contribution is 8.13. The molecule has 1 aromatic rings. The summed E-state index contributed by atoms with van der Waals surface area (Å²) < 4.78 is 22.3. The third-order valence-corrected chi connectivity index (χ3v) is 4.10. The van der Waals surface area contributed by atoms with E-state index in [4.69, 9.17) is 10.7 Å². The average molecular weight is 318 g/mol. The highest BCUT2D eigenvalue weighted by atomic mass is 35.7. The van der Waals surface area contributed by atoms with E-state index in [-0.39, 0.29) is 22.3 Å². The fraction of sp³-hybridized carbons (Fsp3) is 0.500. The number of halogens is 1. The summed E-state index contributed by atoms with van der Waals surface area (Å²) in [7, 11) is 1.54. The molecule has 0 aromatic heterocycles. The highest BCUT2D eigenvalue weighted by Gasteiger charge is 2.18. The smallest absolute Gasteiger partial charge is 0.261 e. The van der Waals surface area contributed by atoms with E-state index in [0.717, 1.165) is 5.56 Å². The van der Waals surface area contributed by atoms with E-state index in [1.165, 1.54) is 12.1 Å². The third kappa shape index (κ3) is 5.51. The predicted octanol–water partition coefficient (Wildman–Crippen LogP) is 3.23. The normalized spacial score (nSPS) is 13.8. The molecule has 0 spiro atoms. The van der Waals surface area contributed by atoms with Crippen LogP contribution in [-0.2, 0) is 13.8 Å². The molecule has 1 rings (SSSR count). The molecule has 112 valence electrons. The Morgan fingerprint density at radius 3 is 2.15 bits per heavy atom. The van der Waals surface area contributed by atoms with E-state index in [2.05, 4.69) is 5.32 Å². The van der Waals surface area contributed by atoms with Crippen LogP contribution in [0.15, 0.2) is 29.2 Å². The number of carbonyl (C=O) groups is 1. The van der Waals surface area contributed by atoms with Gasteiger partial charge in [-0.25, -0.2) is 8.42 Å². The molecular formula is C14H20ClNO3S. The quantitative estimate of drug-likeness (QED) is 0.867. The molecule has 0 heterocycles. The zero-order chi connectivity index (χ0) is 15.6. The Kier molecular flexibility index (Phi) is 5.21. The first kappa shape index (κ1) is 17.0. The number of carbonyl (C=O) groups excluding carboxylic acids is 1. The van der Waals surface area contributed by atoms with E-state index in [9.17, 15) is 13.2 Å². The van der Waals surface area contributed by atoms with Crippen molar-refractivity contribution in [1.82, 2.24) is 5.32 Å². The molecule has 1 aromatic carbocycles. The van der Waals surface area contributed by atoms with Crippen molar-refractivity contribution >= 4 is 25.6 Å². The van der Waals surface area contributed by atoms with Gasteiger partial charge in [0.25, 0.3) is 9.05 Å². The lowest BCUT2D eigenvalue weighted by molar-refractivity contribution is -0.123. The number of hydrogen-bond acceptors (Lipinski definition) is 3. The zero-order valence-electron chi connectivity index (χ0n) is 12.1. The molecule has 0 saturated carbocycles. The molecule has 0 saturated heterocycles. The molecule has 1 amide bonds. The second kappa shape index (κ2) is 6.14. The Balaban J connectivity index is 2.74. The molecule has 0 fully saturated rings. The highest BCUT2D eigenvalue weighted by Crippen LogP contribution is 2.21. The summed E-state index contributed by atoms with van der Waals surface area (Å²) in [6.07, 6.45) is 0.436. The van der Waals surface area contributed by atoms with Crippen molar-refractivity contribution in [3.8, 4) is 0 Å². The van der Waals surface area contributed by atoms with Crippen molar-refractivity contribution in [2.45, 2.75) is 45.1 Å². The van der Waals surface area contributed by atoms with E-state index < -0.39 is 9.05 Å². The van der Waals surface area contributed by atoms with Gasteiger partial charge in [-0.2, -0.15) is 0 Å². The second-order valence-electron chi connectivity index (χ2n) is 6.03. The molecule has 1 atom stereocenters. The van der Waals surface area contributed by atoms with E-state index in [1.54, 1.807) is 12.1 Å². The van der Waals surface area contributed by atoms with Gasteiger partial charge in [0.15, 0.2) is 0 Å². The van der Waals surface area contributed by atoms with Gasteiger partial charge in [0, 0.05) is 17.1 Å². The van der Waals surface area contributed by atoms with Gasteiger partial charge in [-0.05, 0) is 30.0 Å². The summed E-state index contributed by atoms with van der Waals surface area (Å²) in [5, 5.41) is 2.89. The molecule has 1 unspecified atom stereocenters. The molecule has 0 aliphatic rings. The summed E-state index contributed by atoms with van der Waals surface area (Å²) in [4.78, 5) is 11.9. The van der Waals surface area contributed by atoms with E-state index in [0.29, 0.717) is 6.42 Å². The van der Waals surface area contributed by atoms with Gasteiger partial charge in [0.05, 0.1) is 10.9 Å². The molecule has 0 aliphatic carbocycles. The van der Waals surface area contributed by atoms with Gasteiger partial charge >= 0.3 is 0 Å². The maximum atomic E-state index is 11.8. The van der Waals surface area contributed by atoms with Crippen LogP contribution in [0, 0.1) is 5.41 Å². The van der Waals surface area contributed by atoms with Gasteiger partial charge in [-0.3, -0.25) is 4.79 Å². The molecule has 0 radical (unpaired) electrons. The van der Waals surface area contributed by atoms with Crippen molar-refractivity contribution in [3.05, 3.63) is 29.8 Å². The molecule has 0 bridgehead atoms. The maximum absolute atomic E-state index is 11.8. The summed E-state index contributed by atoms with van der Waals surface area (Å²) in [6.45, 7) is 7.84. The zero-order valence-corrected chi connectivity index (χ0v) is 13.7. The largest absolute Gasteiger partial charge is 0.350 e. The molecule has 4 nitrogen and oxygen atoms in total. The van der Waals surface area contributed by atoms with Crippen LogP contribution in [0.4, 0.5) is 0 Å². The van der Waals surface area contributed by atoms with Gasteiger partial charge in [-0.1, -0.05) is 32.9 Å². The number of amides is 1. The average Bonchev–Trinajstić information content (AvgIpc) is 2.25. The van der Waals surface area contributed by atoms with Gasteiger partial charge < -0.3 is 5.32 Å². The molecule has 20 heavy (non-hydrogen) atoms. The number of benzene rings is 1. The lowest BCUT2D eigenvalue weighted by atomic mass is 9.91. The van der Waals surface area contributed by atoms with E-state index in [1.807, 2.05) is 27.7 Å². The fourth-order valence-corrected chi connectivity index (χ4v) is 2.55. The third-order valence-electron chi connectivity index (χ3n) is 2.73. The standard InChI is InChI=1S/C14H20ClNO3S/c1-10(16-13(17)9-14(2,3)4)11-5-7-12(8-6-11)20(15,18)19/h5-8,10H,9H2,1-4H3,(H,16,17). The van der Waals surface area contributed by atoms with E-state index >= 15 is 0 Å². The number of nitrogens with one attached hydrogen (secondary N) is 1. The van der Waals surface area contributed by atoms with Crippen LogP contribution in [-0.4, -0.2) is 14.3 Å². The summed E-state index contributed by atoms with van der Waals surface area (Å²) >= 11 is 0. The van der Waals surface area contributed by atoms with Crippen molar-refractivity contribution in [2.75, 3.05) is 0 Å². The van der Waals surface area contributed by atoms with Crippen LogP contribution in [0.3, 0.4) is 0 Å².